The zero-order chi connectivity index (χ0) is 19.4. The van der Waals surface area contributed by atoms with Crippen molar-refractivity contribution in [1.82, 2.24) is 10.3 Å². The van der Waals surface area contributed by atoms with Crippen LogP contribution in [0.4, 0.5) is 0 Å². The minimum atomic E-state index is -0.0863. The van der Waals surface area contributed by atoms with E-state index in [1.165, 1.54) is 16.9 Å². The highest BCUT2D eigenvalue weighted by atomic mass is 79.9. The summed E-state index contributed by atoms with van der Waals surface area (Å²) in [6, 6.07) is 8.41. The third-order valence-corrected chi connectivity index (χ3v) is 6.78. The molecule has 0 unspecified atom stereocenters. The van der Waals surface area contributed by atoms with Gasteiger partial charge in [0.1, 0.15) is 4.88 Å². The molecule has 1 amide bonds. The summed E-state index contributed by atoms with van der Waals surface area (Å²) in [7, 11) is 0. The minimum Gasteiger partial charge on any atom is -0.381 e. The van der Waals surface area contributed by atoms with Crippen LogP contribution in [0, 0.1) is 12.8 Å². The van der Waals surface area contributed by atoms with Crippen molar-refractivity contribution in [3.63, 3.8) is 0 Å². The Hall–Kier alpha value is -1.24. The molecule has 1 aromatic carbocycles. The van der Waals surface area contributed by atoms with E-state index in [1.54, 1.807) is 0 Å². The first-order valence-electron chi connectivity index (χ1n) is 9.48. The number of thiazole rings is 1. The molecule has 146 valence electrons. The van der Waals surface area contributed by atoms with E-state index in [0.717, 1.165) is 52.5 Å². The predicted octanol–water partition coefficient (Wildman–Crippen LogP) is 4.89. The number of halogens is 1. The van der Waals surface area contributed by atoms with Crippen molar-refractivity contribution in [1.29, 1.82) is 0 Å². The number of carbonyl (C=O) groups is 1. The number of hydrogen-bond acceptors (Lipinski definition) is 4. The number of aryl methyl sites for hydroxylation is 1. The molecule has 1 aromatic heterocycles. The van der Waals surface area contributed by atoms with Crippen LogP contribution in [0.2, 0.25) is 0 Å². The number of amides is 1. The summed E-state index contributed by atoms with van der Waals surface area (Å²) in [5.74, 6) is 0.523. The van der Waals surface area contributed by atoms with Gasteiger partial charge in [0.2, 0.25) is 0 Å². The van der Waals surface area contributed by atoms with Gasteiger partial charge in [-0.25, -0.2) is 4.98 Å². The van der Waals surface area contributed by atoms with Gasteiger partial charge in [0.25, 0.3) is 5.91 Å². The molecule has 0 bridgehead atoms. The lowest BCUT2D eigenvalue weighted by molar-refractivity contribution is 0.0487. The Morgan fingerprint density at radius 2 is 2.11 bits per heavy atom. The van der Waals surface area contributed by atoms with Gasteiger partial charge < -0.3 is 10.1 Å². The first-order chi connectivity index (χ1) is 12.9. The van der Waals surface area contributed by atoms with Crippen LogP contribution in [0.5, 0.6) is 0 Å². The van der Waals surface area contributed by atoms with Crippen LogP contribution in [0.25, 0.3) is 0 Å². The molecule has 4 nitrogen and oxygen atoms in total. The molecule has 1 N–H and O–H groups in total. The lowest BCUT2D eigenvalue weighted by atomic mass is 9.74. The van der Waals surface area contributed by atoms with Crippen molar-refractivity contribution in [2.75, 3.05) is 19.8 Å². The van der Waals surface area contributed by atoms with Crippen molar-refractivity contribution in [3.8, 4) is 0 Å². The summed E-state index contributed by atoms with van der Waals surface area (Å²) >= 11 is 5.10. The topological polar surface area (TPSA) is 51.2 Å². The van der Waals surface area contributed by atoms with Gasteiger partial charge in [0, 0.05) is 36.1 Å². The van der Waals surface area contributed by atoms with E-state index < -0.39 is 0 Å². The van der Waals surface area contributed by atoms with E-state index in [1.807, 2.05) is 13.0 Å². The Labute approximate surface area is 173 Å². The maximum Gasteiger partial charge on any atom is 0.263 e. The van der Waals surface area contributed by atoms with E-state index in [2.05, 4.69) is 58.3 Å². The van der Waals surface area contributed by atoms with E-state index in [9.17, 15) is 4.79 Å². The molecule has 2 heterocycles. The highest BCUT2D eigenvalue weighted by Gasteiger charge is 2.35. The van der Waals surface area contributed by atoms with Crippen LogP contribution in [0.3, 0.4) is 0 Å². The standard InChI is InChI=1S/C21H27BrN2O2S/c1-14(2)11-18-24-15(3)19(27-18)20(25)23-13-21(7-9-26-10-8-21)16-5-4-6-17(22)12-16/h4-6,12,14H,7-11,13H2,1-3H3,(H,23,25). The largest absolute Gasteiger partial charge is 0.381 e. The molecule has 2 aromatic rings. The molecule has 0 saturated carbocycles. The fourth-order valence-corrected chi connectivity index (χ4v) is 5.17. The molecule has 27 heavy (non-hydrogen) atoms. The fourth-order valence-electron chi connectivity index (χ4n) is 3.58. The first kappa shape index (κ1) is 20.5. The summed E-state index contributed by atoms with van der Waals surface area (Å²) in [6.45, 7) is 8.32. The molecule has 6 heteroatoms. The van der Waals surface area contributed by atoms with Gasteiger partial charge in [-0.3, -0.25) is 4.79 Å². The minimum absolute atomic E-state index is 0.0131. The molecule has 0 aliphatic carbocycles. The molecule has 0 spiro atoms. The maximum absolute atomic E-state index is 12.9. The Morgan fingerprint density at radius 1 is 1.37 bits per heavy atom. The second kappa shape index (κ2) is 8.84. The van der Waals surface area contributed by atoms with Gasteiger partial charge in [-0.1, -0.05) is 41.9 Å². The highest BCUT2D eigenvalue weighted by Crippen LogP contribution is 2.35. The van der Waals surface area contributed by atoms with Gasteiger partial charge >= 0.3 is 0 Å². The number of benzene rings is 1. The lowest BCUT2D eigenvalue weighted by Gasteiger charge is -2.38. The van der Waals surface area contributed by atoms with Crippen LogP contribution in [0.1, 0.15) is 52.6 Å². The zero-order valence-electron chi connectivity index (χ0n) is 16.2. The van der Waals surface area contributed by atoms with Gasteiger partial charge in [-0.05, 0) is 43.4 Å². The van der Waals surface area contributed by atoms with Crippen molar-refractivity contribution in [3.05, 3.63) is 49.9 Å². The Kier molecular flexibility index (Phi) is 6.71. The smallest absolute Gasteiger partial charge is 0.263 e. The summed E-state index contributed by atoms with van der Waals surface area (Å²) in [4.78, 5) is 18.2. The second-order valence-electron chi connectivity index (χ2n) is 7.71. The van der Waals surface area contributed by atoms with Gasteiger partial charge in [0.05, 0.1) is 10.7 Å². The van der Waals surface area contributed by atoms with Crippen LogP contribution in [-0.2, 0) is 16.6 Å². The summed E-state index contributed by atoms with van der Waals surface area (Å²) < 4.78 is 6.66. The quantitative estimate of drug-likeness (QED) is 0.681. The number of nitrogens with one attached hydrogen (secondary N) is 1. The number of carbonyl (C=O) groups excluding carboxylic acids is 1. The average Bonchev–Trinajstić information content (AvgIpc) is 3.00. The highest BCUT2D eigenvalue weighted by molar-refractivity contribution is 9.10. The van der Waals surface area contributed by atoms with Crippen LogP contribution in [0.15, 0.2) is 28.7 Å². The molecule has 3 rings (SSSR count). The number of aromatic nitrogens is 1. The third-order valence-electron chi connectivity index (χ3n) is 5.10. The van der Waals surface area contributed by atoms with Crippen molar-refractivity contribution in [2.24, 2.45) is 5.92 Å². The third kappa shape index (κ3) is 4.98. The molecule has 1 aliphatic rings. The molecule has 1 aliphatic heterocycles. The molecule has 1 fully saturated rings. The van der Waals surface area contributed by atoms with Crippen molar-refractivity contribution >= 4 is 33.2 Å². The Morgan fingerprint density at radius 3 is 2.78 bits per heavy atom. The number of hydrogen-bond donors (Lipinski definition) is 1. The van der Waals surface area contributed by atoms with Crippen molar-refractivity contribution in [2.45, 2.75) is 45.4 Å². The summed E-state index contributed by atoms with van der Waals surface area (Å²) in [5, 5.41) is 4.24. The maximum atomic E-state index is 12.9. The van der Waals surface area contributed by atoms with E-state index in [4.69, 9.17) is 4.74 Å². The van der Waals surface area contributed by atoms with Crippen LogP contribution >= 0.6 is 27.3 Å². The molecule has 0 atom stereocenters. The average molecular weight is 451 g/mol. The predicted molar refractivity (Wildman–Crippen MR) is 114 cm³/mol. The van der Waals surface area contributed by atoms with Gasteiger partial charge in [-0.2, -0.15) is 0 Å². The van der Waals surface area contributed by atoms with Crippen LogP contribution < -0.4 is 5.32 Å². The second-order valence-corrected chi connectivity index (χ2v) is 9.71. The van der Waals surface area contributed by atoms with E-state index in [-0.39, 0.29) is 11.3 Å². The van der Waals surface area contributed by atoms with Gasteiger partial charge in [0.15, 0.2) is 0 Å². The molecular formula is C21H27BrN2O2S. The van der Waals surface area contributed by atoms with Gasteiger partial charge in [-0.15, -0.1) is 11.3 Å². The SMILES string of the molecule is Cc1nc(CC(C)C)sc1C(=O)NCC1(c2cccc(Br)c2)CCOCC1. The van der Waals surface area contributed by atoms with Crippen LogP contribution in [-0.4, -0.2) is 30.6 Å². The molecule has 0 radical (unpaired) electrons. The molecule has 1 saturated heterocycles. The number of rotatable bonds is 6. The number of nitrogens with zero attached hydrogens (tertiary/aromatic N) is 1. The zero-order valence-corrected chi connectivity index (χ0v) is 18.6. The van der Waals surface area contributed by atoms with Crippen molar-refractivity contribution < 1.29 is 9.53 Å². The summed E-state index contributed by atoms with van der Waals surface area (Å²) in [6.07, 6.45) is 2.73. The Balaban J connectivity index is 1.76. The van der Waals surface area contributed by atoms with E-state index in [0.29, 0.717) is 12.5 Å². The fraction of sp³-hybridized carbons (Fsp3) is 0.524. The summed E-state index contributed by atoms with van der Waals surface area (Å²) in [5.41, 5.74) is 2.00. The number of ether oxygens (including phenoxy) is 1. The van der Waals surface area contributed by atoms with E-state index >= 15 is 0 Å². The normalized spacial score (nSPS) is 16.5. The molecular weight excluding hydrogens is 424 g/mol. The monoisotopic (exact) mass is 450 g/mol. The first-order valence-corrected chi connectivity index (χ1v) is 11.1. The lowest BCUT2D eigenvalue weighted by Crippen LogP contribution is -2.44. The Bertz CT molecular complexity index is 797.